The smallest absolute Gasteiger partial charge is 0.271 e. The highest BCUT2D eigenvalue weighted by Crippen LogP contribution is 2.20. The Hall–Kier alpha value is -1.73. The van der Waals surface area contributed by atoms with Crippen molar-refractivity contribution in [2.45, 2.75) is 6.54 Å². The molecule has 2 rings (SSSR count). The van der Waals surface area contributed by atoms with Crippen molar-refractivity contribution in [3.05, 3.63) is 50.7 Å². The average Bonchev–Trinajstić information content (AvgIpc) is 2.72. The lowest BCUT2D eigenvalue weighted by atomic mass is 10.3. The number of benzene rings is 1. The van der Waals surface area contributed by atoms with Crippen LogP contribution in [0.25, 0.3) is 5.69 Å². The molecule has 7 heteroatoms. The molecule has 1 aromatic carbocycles. The molecule has 0 amide bonds. The van der Waals surface area contributed by atoms with Crippen LogP contribution < -0.4 is 5.32 Å². The van der Waals surface area contributed by atoms with Crippen LogP contribution in [0.3, 0.4) is 0 Å². The SMILES string of the molecule is CNCc1nn(-c2cccc([N+](=O)[O-])c2)cc1Br. The highest BCUT2D eigenvalue weighted by molar-refractivity contribution is 9.10. The maximum Gasteiger partial charge on any atom is 0.271 e. The van der Waals surface area contributed by atoms with Crippen LogP contribution in [0.2, 0.25) is 0 Å². The van der Waals surface area contributed by atoms with Gasteiger partial charge in [-0.2, -0.15) is 5.10 Å². The van der Waals surface area contributed by atoms with E-state index in [0.29, 0.717) is 12.2 Å². The molecular weight excluding hydrogens is 300 g/mol. The van der Waals surface area contributed by atoms with Crippen LogP contribution in [-0.4, -0.2) is 21.8 Å². The fraction of sp³-hybridized carbons (Fsp3) is 0.182. The summed E-state index contributed by atoms with van der Waals surface area (Å²) in [5, 5.41) is 18.1. The maximum atomic E-state index is 10.7. The molecule has 0 bridgehead atoms. The predicted molar refractivity (Wildman–Crippen MR) is 70.7 cm³/mol. The monoisotopic (exact) mass is 310 g/mol. The van der Waals surface area contributed by atoms with Crippen LogP contribution in [0.5, 0.6) is 0 Å². The van der Waals surface area contributed by atoms with E-state index in [-0.39, 0.29) is 5.69 Å². The lowest BCUT2D eigenvalue weighted by molar-refractivity contribution is -0.384. The van der Waals surface area contributed by atoms with Crippen LogP contribution in [0.1, 0.15) is 5.69 Å². The number of aromatic nitrogens is 2. The lowest BCUT2D eigenvalue weighted by Crippen LogP contribution is -2.07. The van der Waals surface area contributed by atoms with Crippen molar-refractivity contribution >= 4 is 21.6 Å². The molecule has 0 spiro atoms. The summed E-state index contributed by atoms with van der Waals surface area (Å²) >= 11 is 3.41. The second-order valence-corrected chi connectivity index (χ2v) is 4.53. The molecule has 0 aliphatic carbocycles. The lowest BCUT2D eigenvalue weighted by Gasteiger charge is -2.00. The Balaban J connectivity index is 2.39. The zero-order valence-electron chi connectivity index (χ0n) is 9.63. The van der Waals surface area contributed by atoms with Crippen molar-refractivity contribution in [2.75, 3.05) is 7.05 Å². The molecule has 0 aliphatic heterocycles. The van der Waals surface area contributed by atoms with Crippen LogP contribution >= 0.6 is 15.9 Å². The fourth-order valence-electron chi connectivity index (χ4n) is 1.56. The van der Waals surface area contributed by atoms with Gasteiger partial charge in [0.15, 0.2) is 0 Å². The van der Waals surface area contributed by atoms with Crippen molar-refractivity contribution in [3.8, 4) is 5.69 Å². The van der Waals surface area contributed by atoms with E-state index in [2.05, 4.69) is 26.3 Å². The minimum Gasteiger partial charge on any atom is -0.314 e. The molecule has 1 heterocycles. The Morgan fingerprint density at radius 2 is 2.33 bits per heavy atom. The minimum atomic E-state index is -0.420. The van der Waals surface area contributed by atoms with Gasteiger partial charge >= 0.3 is 0 Å². The van der Waals surface area contributed by atoms with Crippen LogP contribution in [0, 0.1) is 10.1 Å². The summed E-state index contributed by atoms with van der Waals surface area (Å²) in [4.78, 5) is 10.3. The molecule has 0 radical (unpaired) electrons. The molecule has 1 N–H and O–H groups in total. The molecule has 0 fully saturated rings. The molecule has 0 unspecified atom stereocenters. The number of nitrogens with one attached hydrogen (secondary N) is 1. The first-order valence-electron chi connectivity index (χ1n) is 5.25. The Kier molecular flexibility index (Phi) is 3.73. The zero-order valence-corrected chi connectivity index (χ0v) is 11.2. The number of halogens is 1. The van der Waals surface area contributed by atoms with Crippen molar-refractivity contribution in [2.24, 2.45) is 0 Å². The van der Waals surface area contributed by atoms with Crippen molar-refractivity contribution in [3.63, 3.8) is 0 Å². The van der Waals surface area contributed by atoms with Crippen molar-refractivity contribution in [1.29, 1.82) is 0 Å². The first-order valence-corrected chi connectivity index (χ1v) is 6.04. The molecule has 1 aromatic heterocycles. The third-order valence-corrected chi connectivity index (χ3v) is 3.05. The van der Waals surface area contributed by atoms with E-state index in [4.69, 9.17) is 0 Å². The minimum absolute atomic E-state index is 0.0503. The van der Waals surface area contributed by atoms with Crippen LogP contribution in [0.4, 0.5) is 5.69 Å². The van der Waals surface area contributed by atoms with E-state index in [0.717, 1.165) is 10.2 Å². The van der Waals surface area contributed by atoms with Crippen LogP contribution in [0.15, 0.2) is 34.9 Å². The molecule has 2 aromatic rings. The van der Waals surface area contributed by atoms with Gasteiger partial charge in [-0.1, -0.05) is 6.07 Å². The van der Waals surface area contributed by atoms with Gasteiger partial charge in [-0.05, 0) is 29.0 Å². The van der Waals surface area contributed by atoms with Gasteiger partial charge in [-0.3, -0.25) is 10.1 Å². The third-order valence-electron chi connectivity index (χ3n) is 2.39. The summed E-state index contributed by atoms with van der Waals surface area (Å²) in [6.07, 6.45) is 1.78. The standard InChI is InChI=1S/C11H11BrN4O2/c1-13-6-11-10(12)7-15(14-11)8-3-2-4-9(5-8)16(17)18/h2-5,7,13H,6H2,1H3. The number of rotatable bonds is 4. The Bertz CT molecular complexity index is 582. The quantitative estimate of drug-likeness (QED) is 0.694. The average molecular weight is 311 g/mol. The molecule has 94 valence electrons. The van der Waals surface area contributed by atoms with Crippen molar-refractivity contribution in [1.82, 2.24) is 15.1 Å². The largest absolute Gasteiger partial charge is 0.314 e. The molecule has 0 saturated carbocycles. The maximum absolute atomic E-state index is 10.7. The number of nitro benzene ring substituents is 1. The first-order chi connectivity index (χ1) is 8.61. The summed E-state index contributed by atoms with van der Waals surface area (Å²) in [5.74, 6) is 0. The van der Waals surface area contributed by atoms with Crippen LogP contribution in [-0.2, 0) is 6.54 Å². The second kappa shape index (κ2) is 5.28. The van der Waals surface area contributed by atoms with Gasteiger partial charge in [0.05, 0.1) is 20.8 Å². The highest BCUT2D eigenvalue weighted by Gasteiger charge is 2.10. The van der Waals surface area contributed by atoms with Gasteiger partial charge in [-0.15, -0.1) is 0 Å². The van der Waals surface area contributed by atoms with Gasteiger partial charge in [0.25, 0.3) is 5.69 Å². The number of nitro groups is 1. The van der Waals surface area contributed by atoms with Gasteiger partial charge < -0.3 is 5.32 Å². The summed E-state index contributed by atoms with van der Waals surface area (Å²) in [7, 11) is 1.83. The number of hydrogen-bond donors (Lipinski definition) is 1. The van der Waals surface area contributed by atoms with Gasteiger partial charge in [0, 0.05) is 24.9 Å². The van der Waals surface area contributed by atoms with E-state index in [1.807, 2.05) is 7.05 Å². The van der Waals surface area contributed by atoms with Gasteiger partial charge in [0.1, 0.15) is 0 Å². The summed E-state index contributed by atoms with van der Waals surface area (Å²) in [6, 6.07) is 6.36. The van der Waals surface area contributed by atoms with Gasteiger partial charge in [0.2, 0.25) is 0 Å². The molecule has 0 saturated heterocycles. The zero-order chi connectivity index (χ0) is 13.1. The summed E-state index contributed by atoms with van der Waals surface area (Å²) in [6.45, 7) is 0.627. The second-order valence-electron chi connectivity index (χ2n) is 3.68. The van der Waals surface area contributed by atoms with Crippen molar-refractivity contribution < 1.29 is 4.92 Å². The number of non-ortho nitro benzene ring substituents is 1. The Labute approximate surface area is 112 Å². The predicted octanol–water partition coefficient (Wildman–Crippen LogP) is 2.26. The van der Waals surface area contributed by atoms with E-state index >= 15 is 0 Å². The summed E-state index contributed by atoms with van der Waals surface area (Å²) < 4.78 is 2.48. The first kappa shape index (κ1) is 12.7. The number of nitrogens with zero attached hydrogens (tertiary/aromatic N) is 3. The van der Waals surface area contributed by atoms with E-state index in [1.54, 1.807) is 23.0 Å². The van der Waals surface area contributed by atoms with E-state index < -0.39 is 4.92 Å². The Morgan fingerprint density at radius 3 is 3.00 bits per heavy atom. The fourth-order valence-corrected chi connectivity index (χ4v) is 1.97. The highest BCUT2D eigenvalue weighted by atomic mass is 79.9. The molecule has 0 atom stereocenters. The number of hydrogen-bond acceptors (Lipinski definition) is 4. The molecule has 18 heavy (non-hydrogen) atoms. The van der Waals surface area contributed by atoms with E-state index in [1.165, 1.54) is 12.1 Å². The Morgan fingerprint density at radius 1 is 1.56 bits per heavy atom. The van der Waals surface area contributed by atoms with Gasteiger partial charge in [-0.25, -0.2) is 4.68 Å². The normalized spacial score (nSPS) is 10.6. The molecule has 0 aliphatic rings. The topological polar surface area (TPSA) is 73.0 Å². The molecular formula is C11H11BrN4O2. The third kappa shape index (κ3) is 2.57. The summed E-state index contributed by atoms with van der Waals surface area (Å²) in [5.41, 5.74) is 1.56. The molecule has 6 nitrogen and oxygen atoms in total. The van der Waals surface area contributed by atoms with E-state index in [9.17, 15) is 10.1 Å².